The highest BCUT2D eigenvalue weighted by Gasteiger charge is 2.28. The number of hydrogen-bond acceptors (Lipinski definition) is 4. The fourth-order valence-corrected chi connectivity index (χ4v) is 3.05. The first-order valence-electron chi connectivity index (χ1n) is 7.54. The molecule has 0 saturated heterocycles. The van der Waals surface area contributed by atoms with E-state index in [1.54, 1.807) is 28.8 Å². The van der Waals surface area contributed by atoms with Crippen molar-refractivity contribution in [2.75, 3.05) is 6.61 Å². The van der Waals surface area contributed by atoms with Gasteiger partial charge in [-0.2, -0.15) is 18.4 Å². The number of fused-ring (bicyclic) bond motifs is 1. The third-order valence-corrected chi connectivity index (χ3v) is 4.36. The van der Waals surface area contributed by atoms with Crippen molar-refractivity contribution < 1.29 is 17.9 Å². The summed E-state index contributed by atoms with van der Waals surface area (Å²) < 4.78 is 42.5. The molecule has 140 valence electrons. The van der Waals surface area contributed by atoms with Crippen molar-refractivity contribution in [1.82, 2.24) is 14.4 Å². The summed E-state index contributed by atoms with van der Waals surface area (Å²) in [6.07, 6.45) is -1.18. The van der Waals surface area contributed by atoms with Gasteiger partial charge in [-0.05, 0) is 17.7 Å². The first-order chi connectivity index (χ1) is 12.6. The van der Waals surface area contributed by atoms with Gasteiger partial charge in [0, 0.05) is 24.0 Å². The Balaban J connectivity index is 1.97. The van der Waals surface area contributed by atoms with Crippen LogP contribution in [0.3, 0.4) is 0 Å². The molecule has 0 saturated carbocycles. The van der Waals surface area contributed by atoms with Crippen LogP contribution in [0.15, 0.2) is 36.7 Å². The van der Waals surface area contributed by atoms with Crippen LogP contribution >= 0.6 is 27.7 Å². The van der Waals surface area contributed by atoms with E-state index in [2.05, 4.69) is 48.5 Å². The molecule has 3 rings (SSSR count). The Bertz CT molecular complexity index is 1020. The number of aromatic nitrogens is 3. The lowest BCUT2D eigenvalue weighted by Gasteiger charge is -2.16. The zero-order valence-corrected chi connectivity index (χ0v) is 17.2. The molecular weight excluding hydrogens is 414 g/mol. The van der Waals surface area contributed by atoms with Crippen LogP contribution in [-0.2, 0) is 4.64 Å². The Morgan fingerprint density at radius 2 is 1.81 bits per heavy atom. The lowest BCUT2D eigenvalue weighted by atomic mass is 10.1. The first kappa shape index (κ1) is 20.0. The topological polar surface area (TPSA) is 63.2 Å². The Hall–Kier alpha value is -1.79. The van der Waals surface area contributed by atoms with Gasteiger partial charge < -0.3 is 9.14 Å². The molecular formula is C16H14F3N4OP3. The molecule has 0 fully saturated rings. The van der Waals surface area contributed by atoms with E-state index in [1.165, 1.54) is 12.3 Å². The van der Waals surface area contributed by atoms with Gasteiger partial charge in [-0.3, -0.25) is 0 Å². The normalized spacial score (nSPS) is 12.2. The summed E-state index contributed by atoms with van der Waals surface area (Å²) in [5.74, 6) is 0.528. The summed E-state index contributed by atoms with van der Waals surface area (Å²) in [5, 5.41) is 9.29. The summed E-state index contributed by atoms with van der Waals surface area (Å²) in [4.78, 5) is 8.29. The molecule has 5 nitrogen and oxygen atoms in total. The second-order valence-corrected chi connectivity index (χ2v) is 10.7. The number of rotatable bonds is 4. The number of nitriles is 1. The van der Waals surface area contributed by atoms with E-state index in [-0.39, 0.29) is 5.88 Å². The SMILES string of the molecule is N#Cc1nc(C(P)(P)P)n2cc(-c3ccc(OCC(F)(F)F)nc3)ccc12. The molecule has 3 unspecified atom stereocenters. The minimum Gasteiger partial charge on any atom is -0.468 e. The molecule has 0 aromatic carbocycles. The van der Waals surface area contributed by atoms with Crippen LogP contribution < -0.4 is 4.74 Å². The molecule has 0 aliphatic rings. The van der Waals surface area contributed by atoms with Gasteiger partial charge in [0.1, 0.15) is 11.9 Å². The maximum atomic E-state index is 12.2. The third-order valence-electron chi connectivity index (χ3n) is 3.58. The van der Waals surface area contributed by atoms with Gasteiger partial charge in [0.15, 0.2) is 12.3 Å². The van der Waals surface area contributed by atoms with Gasteiger partial charge in [-0.25, -0.2) is 9.97 Å². The number of alkyl halides is 3. The number of nitrogens with zero attached hydrogens (tertiary/aromatic N) is 4. The van der Waals surface area contributed by atoms with Gasteiger partial charge in [0.05, 0.1) is 10.2 Å². The van der Waals surface area contributed by atoms with Crippen molar-refractivity contribution in [3.63, 3.8) is 0 Å². The van der Waals surface area contributed by atoms with Crippen molar-refractivity contribution in [3.05, 3.63) is 48.2 Å². The minimum atomic E-state index is -4.41. The lowest BCUT2D eigenvalue weighted by Crippen LogP contribution is -2.19. The van der Waals surface area contributed by atoms with Crippen LogP contribution in [0.2, 0.25) is 0 Å². The average molecular weight is 428 g/mol. The molecule has 0 N–H and O–H groups in total. The second kappa shape index (κ2) is 7.32. The molecule has 3 aromatic rings. The largest absolute Gasteiger partial charge is 0.468 e. The second-order valence-electron chi connectivity index (χ2n) is 5.79. The van der Waals surface area contributed by atoms with Crippen molar-refractivity contribution in [1.29, 1.82) is 5.26 Å². The van der Waals surface area contributed by atoms with Crippen molar-refractivity contribution in [3.8, 4) is 23.1 Å². The van der Waals surface area contributed by atoms with Gasteiger partial charge >= 0.3 is 6.18 Å². The van der Waals surface area contributed by atoms with Gasteiger partial charge in [0.2, 0.25) is 5.88 Å². The van der Waals surface area contributed by atoms with Gasteiger partial charge in [-0.15, -0.1) is 27.7 Å². The first-order valence-corrected chi connectivity index (χ1v) is 9.27. The number of halogens is 3. The molecule has 0 aliphatic heterocycles. The van der Waals surface area contributed by atoms with Crippen LogP contribution in [0, 0.1) is 11.3 Å². The van der Waals surface area contributed by atoms with Crippen molar-refractivity contribution in [2.45, 2.75) is 10.8 Å². The number of ether oxygens (including phenoxy) is 1. The zero-order valence-electron chi connectivity index (χ0n) is 13.7. The standard InChI is InChI=1S/C16H14F3N4OP3/c17-15(18,19)8-24-13-4-2-9(6-21-13)10-1-3-12-11(5-20)22-14(16(25,26)27)23(12)7-10/h1-4,6-7H,8,25-27H2. The van der Waals surface area contributed by atoms with Crippen LogP contribution in [0.25, 0.3) is 16.6 Å². The average Bonchev–Trinajstić information content (AvgIpc) is 2.98. The van der Waals surface area contributed by atoms with E-state index in [1.807, 2.05) is 0 Å². The highest BCUT2D eigenvalue weighted by atomic mass is 31.1. The third kappa shape index (κ3) is 4.55. The summed E-state index contributed by atoms with van der Waals surface area (Å²) in [7, 11) is 7.86. The molecule has 0 radical (unpaired) electrons. The van der Waals surface area contributed by atoms with E-state index in [0.29, 0.717) is 22.6 Å². The lowest BCUT2D eigenvalue weighted by molar-refractivity contribution is -0.154. The number of imidazole rings is 1. The van der Waals surface area contributed by atoms with Crippen LogP contribution in [-0.4, -0.2) is 27.2 Å². The molecule has 0 aliphatic carbocycles. The van der Waals surface area contributed by atoms with Crippen LogP contribution in [0.4, 0.5) is 13.2 Å². The fraction of sp³-hybridized carbons (Fsp3) is 0.188. The van der Waals surface area contributed by atoms with E-state index < -0.39 is 17.4 Å². The Kier molecular flexibility index (Phi) is 5.41. The highest BCUT2D eigenvalue weighted by Crippen LogP contribution is 2.45. The summed E-state index contributed by atoms with van der Waals surface area (Å²) in [6, 6.07) is 8.64. The summed E-state index contributed by atoms with van der Waals surface area (Å²) >= 11 is 0. The molecule has 0 spiro atoms. The van der Waals surface area contributed by atoms with Crippen molar-refractivity contribution in [2.24, 2.45) is 0 Å². The van der Waals surface area contributed by atoms with Gasteiger partial charge in [-0.1, -0.05) is 6.07 Å². The maximum absolute atomic E-state index is 12.2. The molecule has 11 heteroatoms. The van der Waals surface area contributed by atoms with E-state index in [4.69, 9.17) is 0 Å². The fourth-order valence-electron chi connectivity index (χ4n) is 2.44. The Morgan fingerprint density at radius 1 is 1.11 bits per heavy atom. The predicted molar refractivity (Wildman–Crippen MR) is 105 cm³/mol. The smallest absolute Gasteiger partial charge is 0.422 e. The monoisotopic (exact) mass is 428 g/mol. The molecule has 3 aromatic heterocycles. The Labute approximate surface area is 159 Å². The van der Waals surface area contributed by atoms with E-state index >= 15 is 0 Å². The molecule has 3 atom stereocenters. The quantitative estimate of drug-likeness (QED) is 0.591. The minimum absolute atomic E-state index is 0.105. The van der Waals surface area contributed by atoms with Crippen molar-refractivity contribution >= 4 is 33.2 Å². The zero-order chi connectivity index (χ0) is 19.8. The summed E-state index contributed by atoms with van der Waals surface area (Å²) in [6.45, 7) is -1.39. The highest BCUT2D eigenvalue weighted by molar-refractivity contribution is 7.56. The maximum Gasteiger partial charge on any atom is 0.422 e. The number of pyridine rings is 2. The Morgan fingerprint density at radius 3 is 2.37 bits per heavy atom. The van der Waals surface area contributed by atoms with Gasteiger partial charge in [0.25, 0.3) is 0 Å². The molecule has 0 bridgehead atoms. The molecule has 3 heterocycles. The summed E-state index contributed by atoms with van der Waals surface area (Å²) in [5.41, 5.74) is 2.43. The van der Waals surface area contributed by atoms with Crippen LogP contribution in [0.5, 0.6) is 5.88 Å². The molecule has 27 heavy (non-hydrogen) atoms. The van der Waals surface area contributed by atoms with E-state index in [9.17, 15) is 18.4 Å². The number of hydrogen-bond donors (Lipinski definition) is 0. The van der Waals surface area contributed by atoms with E-state index in [0.717, 1.165) is 5.56 Å². The predicted octanol–water partition coefficient (Wildman–Crippen LogP) is 3.94. The van der Waals surface area contributed by atoms with Crippen LogP contribution in [0.1, 0.15) is 11.5 Å². The molecule has 0 amide bonds.